The van der Waals surface area contributed by atoms with Crippen molar-refractivity contribution in [1.29, 1.82) is 0 Å². The van der Waals surface area contributed by atoms with Crippen LogP contribution >= 0.6 is 0 Å². The number of nitrogens with zero attached hydrogens (tertiary/aromatic N) is 3. The van der Waals surface area contributed by atoms with Crippen molar-refractivity contribution < 1.29 is 9.18 Å². The van der Waals surface area contributed by atoms with Crippen molar-refractivity contribution >= 4 is 11.6 Å². The molecule has 2 heterocycles. The topological polar surface area (TPSA) is 36.4 Å². The van der Waals surface area contributed by atoms with Crippen molar-refractivity contribution in [3.8, 4) is 0 Å². The number of rotatable bonds is 3. The standard InChI is InChI=1S/C21H24FN3O/c1-20(2)15-21(20,16-3-5-17(22)6-4-16)19(26)25-13-11-24(12-14-25)18-7-9-23-10-8-18/h3-10H,11-15H2,1-2H3/t21-/m0/s1. The summed E-state index contributed by atoms with van der Waals surface area (Å²) in [4.78, 5) is 21.8. The van der Waals surface area contributed by atoms with Gasteiger partial charge < -0.3 is 9.80 Å². The number of amides is 1. The molecular formula is C21H24FN3O. The maximum absolute atomic E-state index is 13.4. The molecule has 1 aromatic heterocycles. The molecule has 1 atom stereocenters. The van der Waals surface area contributed by atoms with E-state index in [1.807, 2.05) is 17.0 Å². The summed E-state index contributed by atoms with van der Waals surface area (Å²) in [6.07, 6.45) is 4.40. The predicted octanol–water partition coefficient (Wildman–Crippen LogP) is 3.24. The molecule has 0 spiro atoms. The second-order valence-corrected chi connectivity index (χ2v) is 7.96. The predicted molar refractivity (Wildman–Crippen MR) is 99.5 cm³/mol. The van der Waals surface area contributed by atoms with E-state index < -0.39 is 5.41 Å². The van der Waals surface area contributed by atoms with Crippen LogP contribution in [0.4, 0.5) is 10.1 Å². The maximum atomic E-state index is 13.4. The molecule has 1 saturated heterocycles. The molecule has 1 amide bonds. The Balaban J connectivity index is 1.51. The Kier molecular flexibility index (Phi) is 3.98. The summed E-state index contributed by atoms with van der Waals surface area (Å²) in [5, 5.41) is 0. The summed E-state index contributed by atoms with van der Waals surface area (Å²) >= 11 is 0. The van der Waals surface area contributed by atoms with Gasteiger partial charge in [0.05, 0.1) is 5.41 Å². The zero-order chi connectivity index (χ0) is 18.4. The van der Waals surface area contributed by atoms with Crippen LogP contribution in [0.25, 0.3) is 0 Å². The molecule has 4 rings (SSSR count). The highest BCUT2D eigenvalue weighted by Gasteiger charge is 2.68. The van der Waals surface area contributed by atoms with Crippen molar-refractivity contribution in [2.24, 2.45) is 5.41 Å². The van der Waals surface area contributed by atoms with Crippen molar-refractivity contribution in [3.63, 3.8) is 0 Å². The molecule has 5 heteroatoms. The fourth-order valence-corrected chi connectivity index (χ4v) is 4.33. The Morgan fingerprint density at radius 2 is 1.58 bits per heavy atom. The van der Waals surface area contributed by atoms with Gasteiger partial charge in [-0.2, -0.15) is 0 Å². The first-order valence-electron chi connectivity index (χ1n) is 9.14. The summed E-state index contributed by atoms with van der Waals surface area (Å²) in [5.74, 6) is -0.0794. The number of carbonyl (C=O) groups excluding carboxylic acids is 1. The largest absolute Gasteiger partial charge is 0.368 e. The van der Waals surface area contributed by atoms with E-state index in [0.717, 1.165) is 30.8 Å². The van der Waals surface area contributed by atoms with Crippen molar-refractivity contribution in [3.05, 3.63) is 60.2 Å². The molecular weight excluding hydrogens is 329 g/mol. The number of halogens is 1. The Morgan fingerprint density at radius 3 is 2.12 bits per heavy atom. The van der Waals surface area contributed by atoms with E-state index in [-0.39, 0.29) is 17.1 Å². The highest BCUT2D eigenvalue weighted by molar-refractivity contribution is 5.93. The van der Waals surface area contributed by atoms with Crippen molar-refractivity contribution in [2.75, 3.05) is 31.1 Å². The summed E-state index contributed by atoms with van der Waals surface area (Å²) in [7, 11) is 0. The van der Waals surface area contributed by atoms with Gasteiger partial charge in [-0.15, -0.1) is 0 Å². The molecule has 1 aromatic carbocycles. The second kappa shape index (κ2) is 6.08. The summed E-state index contributed by atoms with van der Waals surface area (Å²) < 4.78 is 13.3. The van der Waals surface area contributed by atoms with Gasteiger partial charge in [-0.1, -0.05) is 26.0 Å². The minimum Gasteiger partial charge on any atom is -0.368 e. The first-order chi connectivity index (χ1) is 12.4. The van der Waals surface area contributed by atoms with Crippen LogP contribution in [-0.2, 0) is 10.2 Å². The third-order valence-corrected chi connectivity index (χ3v) is 6.03. The van der Waals surface area contributed by atoms with Gasteiger partial charge in [-0.05, 0) is 41.7 Å². The summed E-state index contributed by atoms with van der Waals surface area (Å²) in [5.41, 5.74) is 1.47. The quantitative estimate of drug-likeness (QED) is 0.850. The SMILES string of the molecule is CC1(C)C[C@@]1(C(=O)N1CCN(c2ccncc2)CC1)c1ccc(F)cc1. The average molecular weight is 353 g/mol. The monoisotopic (exact) mass is 353 g/mol. The normalized spacial score (nSPS) is 24.4. The zero-order valence-corrected chi connectivity index (χ0v) is 15.3. The number of benzene rings is 1. The Labute approximate surface area is 153 Å². The van der Waals surface area contributed by atoms with Crippen LogP contribution in [0.2, 0.25) is 0 Å². The number of anilines is 1. The number of aromatic nitrogens is 1. The minimum absolute atomic E-state index is 0.0931. The van der Waals surface area contributed by atoms with Crippen LogP contribution in [0.5, 0.6) is 0 Å². The van der Waals surface area contributed by atoms with E-state index in [2.05, 4.69) is 23.7 Å². The number of piperazine rings is 1. The second-order valence-electron chi connectivity index (χ2n) is 7.96. The number of carbonyl (C=O) groups is 1. The van der Waals surface area contributed by atoms with Crippen molar-refractivity contribution in [2.45, 2.75) is 25.7 Å². The summed E-state index contributed by atoms with van der Waals surface area (Å²) in [6, 6.07) is 10.5. The molecule has 0 unspecified atom stereocenters. The molecule has 0 N–H and O–H groups in total. The van der Waals surface area contributed by atoms with Gasteiger partial charge in [0.1, 0.15) is 5.82 Å². The van der Waals surface area contributed by atoms with Crippen LogP contribution < -0.4 is 4.90 Å². The molecule has 2 aliphatic rings. The average Bonchev–Trinajstić information content (AvgIpc) is 3.26. The van der Waals surface area contributed by atoms with E-state index in [9.17, 15) is 9.18 Å². The smallest absolute Gasteiger partial charge is 0.233 e. The van der Waals surface area contributed by atoms with E-state index >= 15 is 0 Å². The lowest BCUT2D eigenvalue weighted by molar-refractivity contribution is -0.135. The van der Waals surface area contributed by atoms with Gasteiger partial charge in [0.25, 0.3) is 0 Å². The lowest BCUT2D eigenvalue weighted by Crippen LogP contribution is -2.52. The molecule has 136 valence electrons. The van der Waals surface area contributed by atoms with Gasteiger partial charge in [0.2, 0.25) is 5.91 Å². The Morgan fingerprint density at radius 1 is 1.00 bits per heavy atom. The van der Waals surface area contributed by atoms with E-state index in [1.165, 1.54) is 12.1 Å². The molecule has 1 aliphatic carbocycles. The van der Waals surface area contributed by atoms with Gasteiger partial charge in [-0.3, -0.25) is 9.78 Å². The lowest BCUT2D eigenvalue weighted by atomic mass is 9.86. The molecule has 2 aromatic rings. The third-order valence-electron chi connectivity index (χ3n) is 6.03. The van der Waals surface area contributed by atoms with E-state index in [1.54, 1.807) is 24.5 Å². The first-order valence-corrected chi connectivity index (χ1v) is 9.14. The van der Waals surface area contributed by atoms with E-state index in [0.29, 0.717) is 13.1 Å². The number of pyridine rings is 1. The van der Waals surface area contributed by atoms with Crippen LogP contribution in [0, 0.1) is 11.2 Å². The summed E-state index contributed by atoms with van der Waals surface area (Å²) in [6.45, 7) is 7.30. The third kappa shape index (κ3) is 2.66. The highest BCUT2D eigenvalue weighted by Crippen LogP contribution is 2.65. The molecule has 0 bridgehead atoms. The van der Waals surface area contributed by atoms with E-state index in [4.69, 9.17) is 0 Å². The maximum Gasteiger partial charge on any atom is 0.233 e. The highest BCUT2D eigenvalue weighted by atomic mass is 19.1. The molecule has 1 aliphatic heterocycles. The van der Waals surface area contributed by atoms with Crippen LogP contribution in [-0.4, -0.2) is 42.0 Å². The van der Waals surface area contributed by atoms with Gasteiger partial charge in [-0.25, -0.2) is 4.39 Å². The first kappa shape index (κ1) is 17.0. The van der Waals surface area contributed by atoms with Gasteiger partial charge >= 0.3 is 0 Å². The lowest BCUT2D eigenvalue weighted by Gasteiger charge is -2.38. The zero-order valence-electron chi connectivity index (χ0n) is 15.3. The Bertz CT molecular complexity index is 798. The van der Waals surface area contributed by atoms with Crippen LogP contribution in [0.15, 0.2) is 48.8 Å². The van der Waals surface area contributed by atoms with Crippen LogP contribution in [0.1, 0.15) is 25.8 Å². The number of hydrogen-bond donors (Lipinski definition) is 0. The number of hydrogen-bond acceptors (Lipinski definition) is 3. The van der Waals surface area contributed by atoms with Gasteiger partial charge in [0.15, 0.2) is 0 Å². The Hall–Kier alpha value is -2.43. The molecule has 0 radical (unpaired) electrons. The van der Waals surface area contributed by atoms with Gasteiger partial charge in [0, 0.05) is 44.3 Å². The van der Waals surface area contributed by atoms with Crippen molar-refractivity contribution in [1.82, 2.24) is 9.88 Å². The van der Waals surface area contributed by atoms with Crippen LogP contribution in [0.3, 0.4) is 0 Å². The molecule has 1 saturated carbocycles. The fourth-order valence-electron chi connectivity index (χ4n) is 4.33. The molecule has 26 heavy (non-hydrogen) atoms. The molecule has 4 nitrogen and oxygen atoms in total. The molecule has 2 fully saturated rings. The fraction of sp³-hybridized carbons (Fsp3) is 0.429. The minimum atomic E-state index is -0.514.